The molecule has 1 fully saturated rings. The van der Waals surface area contributed by atoms with Gasteiger partial charge in [-0.2, -0.15) is 0 Å². The molecule has 4 N–H and O–H groups in total. The van der Waals surface area contributed by atoms with E-state index < -0.39 is 0 Å². The third-order valence-corrected chi connectivity index (χ3v) is 0.606. The van der Waals surface area contributed by atoms with Crippen molar-refractivity contribution in [2.45, 2.75) is 6.10 Å². The van der Waals surface area contributed by atoms with E-state index in [4.69, 9.17) is 5.11 Å². The zero-order valence-electron chi connectivity index (χ0n) is 3.96. The largest absolute Gasteiger partial charge is 0.394 e. The smallest absolute Gasteiger partial charge is 0.104 e. The van der Waals surface area contributed by atoms with Gasteiger partial charge >= 0.3 is 0 Å². The number of rotatable bonds is 1. The molecule has 7 heavy (non-hydrogen) atoms. The summed E-state index contributed by atoms with van der Waals surface area (Å²) >= 11 is 0. The third-order valence-electron chi connectivity index (χ3n) is 0.606. The number of aliphatic hydroxyl groups excluding tert-OH is 1. The fraction of sp³-hybridized carbons (Fsp3) is 1.00. The molecule has 0 bridgehead atoms. The van der Waals surface area contributed by atoms with Gasteiger partial charge in [0.2, 0.25) is 0 Å². The summed E-state index contributed by atoms with van der Waals surface area (Å²) in [7, 11) is 0. The van der Waals surface area contributed by atoms with E-state index in [1.165, 1.54) is 0 Å². The van der Waals surface area contributed by atoms with Crippen LogP contribution < -0.4 is 6.15 Å². The van der Waals surface area contributed by atoms with Gasteiger partial charge in [-0.05, 0) is 0 Å². The molecule has 1 unspecified atom stereocenters. The second-order valence-electron chi connectivity index (χ2n) is 1.14. The number of aliphatic hydroxyl groups is 1. The molecule has 1 saturated heterocycles. The average Bonchev–Trinajstić information content (AvgIpc) is 2.12. The molecular formula is C3H10ClNO2. The molecule has 0 aliphatic carbocycles. The molecule has 0 radical (unpaired) electrons. The topological polar surface area (TPSA) is 67.8 Å². The van der Waals surface area contributed by atoms with Crippen LogP contribution in [0.3, 0.4) is 0 Å². The fourth-order valence-electron chi connectivity index (χ4n) is 0.173. The summed E-state index contributed by atoms with van der Waals surface area (Å²) < 4.78 is 4.61. The van der Waals surface area contributed by atoms with Crippen LogP contribution in [0, 0.1) is 0 Å². The summed E-state index contributed by atoms with van der Waals surface area (Å²) in [5.41, 5.74) is 0. The van der Waals surface area contributed by atoms with E-state index in [0.29, 0.717) is 0 Å². The fourth-order valence-corrected chi connectivity index (χ4v) is 0.173. The minimum Gasteiger partial charge on any atom is -0.394 e. The van der Waals surface area contributed by atoms with Gasteiger partial charge in [-0.3, -0.25) is 0 Å². The van der Waals surface area contributed by atoms with Gasteiger partial charge in [0.25, 0.3) is 0 Å². The minimum atomic E-state index is 0. The Hall–Kier alpha value is 0.170. The van der Waals surface area contributed by atoms with Crippen molar-refractivity contribution in [3.8, 4) is 0 Å². The summed E-state index contributed by atoms with van der Waals surface area (Å²) in [6.45, 7) is 0.955. The van der Waals surface area contributed by atoms with Gasteiger partial charge in [-0.25, -0.2) is 0 Å². The zero-order valence-corrected chi connectivity index (χ0v) is 4.78. The highest BCUT2D eigenvalue weighted by Crippen LogP contribution is 2.04. The van der Waals surface area contributed by atoms with Gasteiger partial charge < -0.3 is 16.0 Å². The molecule has 46 valence electrons. The Kier molecular flexibility index (Phi) is 6.32. The van der Waals surface area contributed by atoms with Crippen molar-refractivity contribution in [1.82, 2.24) is 6.15 Å². The van der Waals surface area contributed by atoms with Crippen molar-refractivity contribution in [3.63, 3.8) is 0 Å². The maximum absolute atomic E-state index is 8.08. The molecule has 0 saturated carbocycles. The van der Waals surface area contributed by atoms with Gasteiger partial charge in [-0.15, -0.1) is 12.4 Å². The van der Waals surface area contributed by atoms with Crippen molar-refractivity contribution < 1.29 is 9.84 Å². The minimum absolute atomic E-state index is 0. The normalized spacial score (nSPS) is 24.4. The summed E-state index contributed by atoms with van der Waals surface area (Å²) in [6, 6.07) is 0. The molecule has 0 aromatic heterocycles. The van der Waals surface area contributed by atoms with Crippen molar-refractivity contribution in [2.75, 3.05) is 13.2 Å². The van der Waals surface area contributed by atoms with E-state index >= 15 is 0 Å². The number of halogens is 1. The maximum atomic E-state index is 8.08. The number of epoxide rings is 1. The van der Waals surface area contributed by atoms with E-state index in [1.54, 1.807) is 0 Å². The number of ether oxygens (including phenoxy) is 1. The van der Waals surface area contributed by atoms with E-state index in [0.717, 1.165) is 6.61 Å². The number of hydrogen-bond donors (Lipinski definition) is 2. The maximum Gasteiger partial charge on any atom is 0.104 e. The predicted molar refractivity (Wildman–Crippen MR) is 29.1 cm³/mol. The second-order valence-corrected chi connectivity index (χ2v) is 1.14. The molecule has 0 amide bonds. The quantitative estimate of drug-likeness (QED) is 0.486. The van der Waals surface area contributed by atoms with Crippen LogP contribution in [-0.4, -0.2) is 24.4 Å². The molecule has 1 aliphatic heterocycles. The lowest BCUT2D eigenvalue weighted by molar-refractivity contribution is 0.244. The third kappa shape index (κ3) is 4.01. The van der Waals surface area contributed by atoms with Gasteiger partial charge in [0.15, 0.2) is 0 Å². The molecule has 1 aliphatic rings. The predicted octanol–water partition coefficient (Wildman–Crippen LogP) is -0.0387. The highest BCUT2D eigenvalue weighted by atomic mass is 35.5. The Balaban J connectivity index is 0. The van der Waals surface area contributed by atoms with Gasteiger partial charge in [0.1, 0.15) is 6.10 Å². The summed E-state index contributed by atoms with van der Waals surface area (Å²) in [4.78, 5) is 0. The van der Waals surface area contributed by atoms with E-state index in [2.05, 4.69) is 4.74 Å². The van der Waals surface area contributed by atoms with Crippen LogP contribution in [0.15, 0.2) is 0 Å². The SMILES string of the molecule is Cl.N.OCC1CO1. The lowest BCUT2D eigenvalue weighted by Crippen LogP contribution is -1.88. The molecule has 0 aromatic carbocycles. The van der Waals surface area contributed by atoms with Crippen LogP contribution in [-0.2, 0) is 4.74 Å². The highest BCUT2D eigenvalue weighted by molar-refractivity contribution is 5.85. The van der Waals surface area contributed by atoms with Crippen molar-refractivity contribution >= 4 is 12.4 Å². The first-order valence-corrected chi connectivity index (χ1v) is 1.66. The first kappa shape index (κ1) is 10.2. The second kappa shape index (κ2) is 4.33. The average molecular weight is 128 g/mol. The Morgan fingerprint density at radius 3 is 2.14 bits per heavy atom. The van der Waals surface area contributed by atoms with E-state index in [9.17, 15) is 0 Å². The molecule has 0 aromatic rings. The standard InChI is InChI=1S/C3H6O2.ClH.H3N/c4-1-3-2-5-3;;/h3-4H,1-2H2;1H;1H3. The lowest BCUT2D eigenvalue weighted by Gasteiger charge is -1.70. The molecule has 1 heterocycles. The summed E-state index contributed by atoms with van der Waals surface area (Å²) in [5, 5.41) is 8.08. The summed E-state index contributed by atoms with van der Waals surface area (Å²) in [6.07, 6.45) is 0.190. The molecular weight excluding hydrogens is 117 g/mol. The van der Waals surface area contributed by atoms with Gasteiger partial charge in [0.05, 0.1) is 13.2 Å². The molecule has 4 heteroatoms. The van der Waals surface area contributed by atoms with Crippen molar-refractivity contribution in [1.29, 1.82) is 0 Å². The van der Waals surface area contributed by atoms with Crippen molar-refractivity contribution in [3.05, 3.63) is 0 Å². The van der Waals surface area contributed by atoms with Crippen LogP contribution in [0.25, 0.3) is 0 Å². The van der Waals surface area contributed by atoms with Crippen LogP contribution in [0.1, 0.15) is 0 Å². The van der Waals surface area contributed by atoms with Crippen LogP contribution in [0.2, 0.25) is 0 Å². The van der Waals surface area contributed by atoms with Gasteiger partial charge in [-0.1, -0.05) is 0 Å². The Bertz CT molecular complexity index is 39.9. The zero-order chi connectivity index (χ0) is 3.70. The van der Waals surface area contributed by atoms with E-state index in [-0.39, 0.29) is 31.3 Å². The first-order valence-electron chi connectivity index (χ1n) is 1.66. The number of hydrogen-bond acceptors (Lipinski definition) is 3. The highest BCUT2D eigenvalue weighted by Gasteiger charge is 2.19. The Morgan fingerprint density at radius 1 is 1.71 bits per heavy atom. The molecule has 0 spiro atoms. The monoisotopic (exact) mass is 127 g/mol. The van der Waals surface area contributed by atoms with Gasteiger partial charge in [0, 0.05) is 0 Å². The lowest BCUT2D eigenvalue weighted by atomic mass is 10.5. The Labute approximate surface area is 48.7 Å². The molecule has 1 atom stereocenters. The molecule has 1 rings (SSSR count). The Morgan fingerprint density at radius 2 is 2.14 bits per heavy atom. The van der Waals surface area contributed by atoms with Crippen LogP contribution in [0.4, 0.5) is 0 Å². The summed E-state index contributed by atoms with van der Waals surface area (Å²) in [5.74, 6) is 0. The van der Waals surface area contributed by atoms with Crippen LogP contribution >= 0.6 is 12.4 Å². The first-order chi connectivity index (χ1) is 2.43. The van der Waals surface area contributed by atoms with Crippen LogP contribution in [0.5, 0.6) is 0 Å². The molecule has 3 nitrogen and oxygen atoms in total. The van der Waals surface area contributed by atoms with Crippen molar-refractivity contribution in [2.24, 2.45) is 0 Å². The van der Waals surface area contributed by atoms with E-state index in [1.807, 2.05) is 0 Å².